The van der Waals surface area contributed by atoms with Gasteiger partial charge in [-0.2, -0.15) is 0 Å². The Kier molecular flexibility index (Phi) is 6.66. The quantitative estimate of drug-likeness (QED) is 0.773. The van der Waals surface area contributed by atoms with Crippen molar-refractivity contribution in [2.24, 2.45) is 5.92 Å². The van der Waals surface area contributed by atoms with Crippen molar-refractivity contribution < 1.29 is 4.39 Å². The molecule has 0 amide bonds. The van der Waals surface area contributed by atoms with E-state index in [-0.39, 0.29) is 10.8 Å². The number of rotatable bonds is 7. The third kappa shape index (κ3) is 4.95. The molecular weight excluding hydrogens is 249 g/mol. The van der Waals surface area contributed by atoms with Crippen LogP contribution in [0.4, 0.5) is 4.39 Å². The number of hydrogen-bond donors (Lipinski definition) is 1. The summed E-state index contributed by atoms with van der Waals surface area (Å²) in [6.07, 6.45) is 2.93. The van der Waals surface area contributed by atoms with Crippen LogP contribution in [0, 0.1) is 11.7 Å². The Morgan fingerprint density at radius 3 is 2.72 bits per heavy atom. The molecule has 1 rings (SSSR count). The van der Waals surface area contributed by atoms with Crippen LogP contribution in [0.1, 0.15) is 39.2 Å². The number of halogens is 2. The monoisotopic (exact) mass is 271 g/mol. The molecule has 2 unspecified atom stereocenters. The second-order valence-electron chi connectivity index (χ2n) is 5.11. The molecule has 0 heterocycles. The highest BCUT2D eigenvalue weighted by molar-refractivity contribution is 6.30. The number of nitrogens with one attached hydrogen (secondary N) is 1. The molecule has 1 N–H and O–H groups in total. The first-order valence-corrected chi connectivity index (χ1v) is 7.08. The number of benzene rings is 1. The Morgan fingerprint density at radius 2 is 2.06 bits per heavy atom. The first-order valence-electron chi connectivity index (χ1n) is 6.70. The smallest absolute Gasteiger partial charge is 0.144 e. The van der Waals surface area contributed by atoms with E-state index in [2.05, 4.69) is 26.1 Å². The van der Waals surface area contributed by atoms with Gasteiger partial charge in [0.05, 0.1) is 5.02 Å². The largest absolute Gasteiger partial charge is 0.314 e. The van der Waals surface area contributed by atoms with Gasteiger partial charge in [0, 0.05) is 6.04 Å². The van der Waals surface area contributed by atoms with Crippen molar-refractivity contribution in [1.29, 1.82) is 0 Å². The summed E-state index contributed by atoms with van der Waals surface area (Å²) in [7, 11) is 0. The van der Waals surface area contributed by atoms with Gasteiger partial charge in [0.25, 0.3) is 0 Å². The molecule has 0 radical (unpaired) electrons. The van der Waals surface area contributed by atoms with Crippen molar-refractivity contribution in [3.63, 3.8) is 0 Å². The Bertz CT molecular complexity index is 368. The maximum Gasteiger partial charge on any atom is 0.144 e. The first kappa shape index (κ1) is 15.5. The molecule has 0 bridgehead atoms. The maximum atomic E-state index is 13.8. The van der Waals surface area contributed by atoms with Gasteiger partial charge >= 0.3 is 0 Å². The minimum Gasteiger partial charge on any atom is -0.314 e. The fourth-order valence-electron chi connectivity index (χ4n) is 2.24. The summed E-state index contributed by atoms with van der Waals surface area (Å²) in [6, 6.07) is 5.70. The van der Waals surface area contributed by atoms with E-state index in [0.717, 1.165) is 31.4 Å². The van der Waals surface area contributed by atoms with Crippen molar-refractivity contribution >= 4 is 11.6 Å². The molecule has 1 aromatic rings. The van der Waals surface area contributed by atoms with Gasteiger partial charge in [-0.3, -0.25) is 0 Å². The fraction of sp³-hybridized carbons (Fsp3) is 0.600. The number of hydrogen-bond acceptors (Lipinski definition) is 1. The fourth-order valence-corrected chi connectivity index (χ4v) is 2.44. The first-order chi connectivity index (χ1) is 8.54. The van der Waals surface area contributed by atoms with Gasteiger partial charge in [0.1, 0.15) is 5.82 Å². The highest BCUT2D eigenvalue weighted by Crippen LogP contribution is 2.22. The Morgan fingerprint density at radius 1 is 1.33 bits per heavy atom. The third-order valence-electron chi connectivity index (χ3n) is 3.10. The predicted molar refractivity (Wildman–Crippen MR) is 76.7 cm³/mol. The van der Waals surface area contributed by atoms with E-state index < -0.39 is 0 Å². The van der Waals surface area contributed by atoms with Crippen molar-refractivity contribution in [1.82, 2.24) is 5.32 Å². The van der Waals surface area contributed by atoms with Gasteiger partial charge in [0.2, 0.25) is 0 Å². The lowest BCUT2D eigenvalue weighted by Gasteiger charge is -2.18. The molecule has 18 heavy (non-hydrogen) atoms. The van der Waals surface area contributed by atoms with Crippen LogP contribution in [-0.4, -0.2) is 12.6 Å². The Hall–Kier alpha value is -0.600. The molecule has 1 aromatic carbocycles. The predicted octanol–water partition coefficient (Wildman–Crippen LogP) is 4.44. The minimum atomic E-state index is -0.264. The summed E-state index contributed by atoms with van der Waals surface area (Å²) in [5.74, 6) is 0.178. The second-order valence-corrected chi connectivity index (χ2v) is 5.52. The average Bonchev–Trinajstić information content (AvgIpc) is 2.32. The zero-order valence-corrected chi connectivity index (χ0v) is 12.2. The van der Waals surface area contributed by atoms with Gasteiger partial charge in [-0.15, -0.1) is 0 Å². The van der Waals surface area contributed by atoms with Crippen molar-refractivity contribution in [2.75, 3.05) is 6.54 Å². The van der Waals surface area contributed by atoms with Gasteiger partial charge in [0.15, 0.2) is 0 Å². The van der Waals surface area contributed by atoms with Crippen LogP contribution >= 0.6 is 11.6 Å². The summed E-state index contributed by atoms with van der Waals surface area (Å²) in [6.45, 7) is 7.54. The minimum absolute atomic E-state index is 0.219. The topological polar surface area (TPSA) is 12.0 Å². The SMILES string of the molecule is CCCNC(C)CC(C)Cc1cccc(Cl)c1F. The van der Waals surface area contributed by atoms with Crippen molar-refractivity contribution in [3.8, 4) is 0 Å². The molecule has 0 saturated heterocycles. The molecule has 0 spiro atoms. The molecule has 0 aliphatic heterocycles. The van der Waals surface area contributed by atoms with Gasteiger partial charge in [-0.05, 0) is 50.3 Å². The maximum absolute atomic E-state index is 13.8. The van der Waals surface area contributed by atoms with Crippen LogP contribution in [-0.2, 0) is 6.42 Å². The summed E-state index contributed by atoms with van der Waals surface area (Å²) < 4.78 is 13.8. The highest BCUT2D eigenvalue weighted by atomic mass is 35.5. The van der Waals surface area contributed by atoms with E-state index in [1.165, 1.54) is 0 Å². The lowest BCUT2D eigenvalue weighted by molar-refractivity contribution is 0.415. The van der Waals surface area contributed by atoms with Crippen LogP contribution in [0.25, 0.3) is 0 Å². The van der Waals surface area contributed by atoms with Gasteiger partial charge in [-0.25, -0.2) is 4.39 Å². The lowest BCUT2D eigenvalue weighted by Crippen LogP contribution is -2.28. The van der Waals surface area contributed by atoms with E-state index in [1.807, 2.05) is 12.1 Å². The van der Waals surface area contributed by atoms with Crippen LogP contribution in [0.15, 0.2) is 18.2 Å². The molecule has 0 aliphatic rings. The van der Waals surface area contributed by atoms with E-state index >= 15 is 0 Å². The third-order valence-corrected chi connectivity index (χ3v) is 3.39. The normalized spacial score (nSPS) is 14.5. The van der Waals surface area contributed by atoms with Crippen LogP contribution in [0.2, 0.25) is 5.02 Å². The van der Waals surface area contributed by atoms with E-state index in [9.17, 15) is 4.39 Å². The van der Waals surface area contributed by atoms with E-state index in [0.29, 0.717) is 12.0 Å². The zero-order chi connectivity index (χ0) is 13.5. The van der Waals surface area contributed by atoms with Crippen LogP contribution < -0.4 is 5.32 Å². The molecule has 0 fully saturated rings. The molecule has 0 aliphatic carbocycles. The van der Waals surface area contributed by atoms with Crippen LogP contribution in [0.5, 0.6) is 0 Å². The summed E-state index contributed by atoms with van der Waals surface area (Å²) in [5, 5.41) is 3.67. The molecule has 0 saturated carbocycles. The Balaban J connectivity index is 2.49. The summed E-state index contributed by atoms with van der Waals surface area (Å²) in [4.78, 5) is 0. The zero-order valence-electron chi connectivity index (χ0n) is 11.5. The van der Waals surface area contributed by atoms with Gasteiger partial charge in [-0.1, -0.05) is 37.6 Å². The molecular formula is C15H23ClFN. The molecule has 2 atom stereocenters. The molecule has 1 nitrogen and oxygen atoms in total. The van der Waals surface area contributed by atoms with Crippen LogP contribution in [0.3, 0.4) is 0 Å². The second kappa shape index (κ2) is 7.75. The molecule has 102 valence electrons. The molecule has 3 heteroatoms. The Labute approximate surface area is 115 Å². The van der Waals surface area contributed by atoms with Gasteiger partial charge < -0.3 is 5.32 Å². The average molecular weight is 272 g/mol. The highest BCUT2D eigenvalue weighted by Gasteiger charge is 2.12. The van der Waals surface area contributed by atoms with E-state index in [1.54, 1.807) is 6.07 Å². The lowest BCUT2D eigenvalue weighted by atomic mass is 9.94. The summed E-state index contributed by atoms with van der Waals surface area (Å²) in [5.41, 5.74) is 0.720. The van der Waals surface area contributed by atoms with Crippen molar-refractivity contribution in [3.05, 3.63) is 34.6 Å². The standard InChI is InChI=1S/C15H23ClFN/c1-4-8-18-12(3)9-11(2)10-13-6-5-7-14(16)15(13)17/h5-7,11-12,18H,4,8-10H2,1-3H3. The van der Waals surface area contributed by atoms with E-state index in [4.69, 9.17) is 11.6 Å². The molecule has 0 aromatic heterocycles. The summed E-state index contributed by atoms with van der Waals surface area (Å²) >= 11 is 5.78. The van der Waals surface area contributed by atoms with Crippen molar-refractivity contribution in [2.45, 2.75) is 46.1 Å².